The Kier molecular flexibility index (Phi) is 6.27. The summed E-state index contributed by atoms with van der Waals surface area (Å²) in [6.45, 7) is 0.930. The molecule has 1 aromatic heterocycles. The van der Waals surface area contributed by atoms with Gasteiger partial charge in [0.15, 0.2) is 11.5 Å². The van der Waals surface area contributed by atoms with Gasteiger partial charge in [0.25, 0.3) is 5.91 Å². The van der Waals surface area contributed by atoms with Gasteiger partial charge in [-0.2, -0.15) is 0 Å². The van der Waals surface area contributed by atoms with Gasteiger partial charge >= 0.3 is 0 Å². The highest BCUT2D eigenvalue weighted by Gasteiger charge is 2.23. The molecule has 1 saturated heterocycles. The summed E-state index contributed by atoms with van der Waals surface area (Å²) in [4.78, 5) is 29.5. The van der Waals surface area contributed by atoms with Gasteiger partial charge in [-0.25, -0.2) is 4.98 Å². The fourth-order valence-corrected chi connectivity index (χ4v) is 3.73. The van der Waals surface area contributed by atoms with Crippen LogP contribution in [0.4, 0.5) is 5.69 Å². The smallest absolute Gasteiger partial charge is 0.255 e. The van der Waals surface area contributed by atoms with Gasteiger partial charge in [-0.05, 0) is 49.2 Å². The van der Waals surface area contributed by atoms with Crippen molar-refractivity contribution in [1.82, 2.24) is 14.9 Å². The summed E-state index contributed by atoms with van der Waals surface area (Å²) in [5, 5.41) is 5.78. The molecule has 1 aliphatic heterocycles. The molecule has 1 atom stereocenters. The van der Waals surface area contributed by atoms with Crippen LogP contribution < -0.4 is 20.1 Å². The fraction of sp³-hybridized carbons (Fsp3) is 0.348. The third-order valence-corrected chi connectivity index (χ3v) is 5.52. The molecule has 3 aromatic rings. The lowest BCUT2D eigenvalue weighted by atomic mass is 10.1. The molecule has 2 aromatic carbocycles. The Morgan fingerprint density at radius 1 is 1.16 bits per heavy atom. The SMILES string of the molecule is COc1ccc(C(=O)Nc2ccc3c(c2)nc(CNC(=O)[C@H]2CCCO2)n3C)cc1OC. The number of aryl methyl sites for hydroxylation is 1. The summed E-state index contributed by atoms with van der Waals surface area (Å²) in [6.07, 6.45) is 1.28. The highest BCUT2D eigenvalue weighted by molar-refractivity contribution is 6.05. The van der Waals surface area contributed by atoms with E-state index in [9.17, 15) is 9.59 Å². The molecule has 32 heavy (non-hydrogen) atoms. The van der Waals surface area contributed by atoms with Crippen molar-refractivity contribution >= 4 is 28.5 Å². The number of rotatable bonds is 7. The lowest BCUT2D eigenvalue weighted by Gasteiger charge is -2.10. The first-order valence-electron chi connectivity index (χ1n) is 10.4. The number of carbonyl (C=O) groups excluding carboxylic acids is 2. The summed E-state index contributed by atoms with van der Waals surface area (Å²) in [7, 11) is 4.96. The number of aromatic nitrogens is 2. The quantitative estimate of drug-likeness (QED) is 0.588. The summed E-state index contributed by atoms with van der Waals surface area (Å²) < 4.78 is 17.8. The molecule has 2 N–H and O–H groups in total. The zero-order chi connectivity index (χ0) is 22.7. The van der Waals surface area contributed by atoms with Gasteiger partial charge in [-0.1, -0.05) is 0 Å². The lowest BCUT2D eigenvalue weighted by molar-refractivity contribution is -0.130. The topological polar surface area (TPSA) is 104 Å². The molecule has 0 spiro atoms. The van der Waals surface area contributed by atoms with E-state index in [1.807, 2.05) is 23.7 Å². The summed E-state index contributed by atoms with van der Waals surface area (Å²) in [6, 6.07) is 10.5. The van der Waals surface area contributed by atoms with E-state index in [4.69, 9.17) is 14.2 Å². The normalized spacial score (nSPS) is 15.5. The third kappa shape index (κ3) is 4.38. The Hall–Kier alpha value is -3.59. The predicted octanol–water partition coefficient (Wildman–Crippen LogP) is 2.64. The zero-order valence-electron chi connectivity index (χ0n) is 18.3. The number of methoxy groups -OCH3 is 2. The second-order valence-electron chi connectivity index (χ2n) is 7.53. The molecule has 1 aliphatic rings. The van der Waals surface area contributed by atoms with Gasteiger partial charge in [0.2, 0.25) is 5.91 Å². The number of hydrogen-bond acceptors (Lipinski definition) is 6. The van der Waals surface area contributed by atoms with E-state index in [-0.39, 0.29) is 17.9 Å². The molecule has 168 valence electrons. The number of amides is 2. The fourth-order valence-electron chi connectivity index (χ4n) is 3.73. The maximum Gasteiger partial charge on any atom is 0.255 e. The van der Waals surface area contributed by atoms with Crippen LogP contribution in [0.3, 0.4) is 0 Å². The van der Waals surface area contributed by atoms with Crippen molar-refractivity contribution in [1.29, 1.82) is 0 Å². The molecule has 0 radical (unpaired) electrons. The Bertz CT molecular complexity index is 1150. The number of imidazole rings is 1. The van der Waals surface area contributed by atoms with Crippen molar-refractivity contribution < 1.29 is 23.8 Å². The summed E-state index contributed by atoms with van der Waals surface area (Å²) in [5.41, 5.74) is 2.68. The molecule has 2 amide bonds. The van der Waals surface area contributed by atoms with Crippen LogP contribution in [0.5, 0.6) is 11.5 Å². The number of carbonyl (C=O) groups is 2. The molecule has 0 aliphatic carbocycles. The Labute approximate surface area is 185 Å². The minimum absolute atomic E-state index is 0.113. The summed E-state index contributed by atoms with van der Waals surface area (Å²) in [5.74, 6) is 1.37. The maximum atomic E-state index is 12.7. The minimum Gasteiger partial charge on any atom is -0.493 e. The number of hydrogen-bond donors (Lipinski definition) is 2. The van der Waals surface area contributed by atoms with Crippen molar-refractivity contribution in [3.63, 3.8) is 0 Å². The molecule has 2 heterocycles. The average molecular weight is 438 g/mol. The van der Waals surface area contributed by atoms with Gasteiger partial charge in [0.05, 0.1) is 31.8 Å². The van der Waals surface area contributed by atoms with Gasteiger partial charge in [0.1, 0.15) is 11.9 Å². The molecule has 0 bridgehead atoms. The van der Waals surface area contributed by atoms with Crippen LogP contribution in [0.1, 0.15) is 29.0 Å². The number of anilines is 1. The predicted molar refractivity (Wildman–Crippen MR) is 119 cm³/mol. The molecule has 0 saturated carbocycles. The van der Waals surface area contributed by atoms with Crippen LogP contribution >= 0.6 is 0 Å². The zero-order valence-corrected chi connectivity index (χ0v) is 18.3. The second-order valence-corrected chi connectivity index (χ2v) is 7.53. The molecule has 1 fully saturated rings. The average Bonchev–Trinajstić information content (AvgIpc) is 3.45. The van der Waals surface area contributed by atoms with Gasteiger partial charge in [-0.15, -0.1) is 0 Å². The van der Waals surface area contributed by atoms with E-state index < -0.39 is 0 Å². The highest BCUT2D eigenvalue weighted by atomic mass is 16.5. The number of nitrogens with zero attached hydrogens (tertiary/aromatic N) is 2. The molecule has 0 unspecified atom stereocenters. The van der Waals surface area contributed by atoms with Crippen LogP contribution in [0.15, 0.2) is 36.4 Å². The number of fused-ring (bicyclic) bond motifs is 1. The van der Waals surface area contributed by atoms with Crippen molar-refractivity contribution in [3.8, 4) is 11.5 Å². The Morgan fingerprint density at radius 2 is 1.97 bits per heavy atom. The Balaban J connectivity index is 1.47. The maximum absolute atomic E-state index is 12.7. The minimum atomic E-state index is -0.372. The van der Waals surface area contributed by atoms with Gasteiger partial charge < -0.3 is 29.4 Å². The van der Waals surface area contributed by atoms with E-state index in [1.54, 1.807) is 31.4 Å². The van der Waals surface area contributed by atoms with Crippen LogP contribution in [-0.2, 0) is 23.1 Å². The molecule has 9 nitrogen and oxygen atoms in total. The van der Waals surface area contributed by atoms with Crippen LogP contribution in [-0.4, -0.2) is 48.3 Å². The monoisotopic (exact) mass is 438 g/mol. The highest BCUT2D eigenvalue weighted by Crippen LogP contribution is 2.28. The van der Waals surface area contributed by atoms with Crippen molar-refractivity contribution in [3.05, 3.63) is 47.8 Å². The van der Waals surface area contributed by atoms with E-state index >= 15 is 0 Å². The first-order valence-corrected chi connectivity index (χ1v) is 10.4. The number of benzene rings is 2. The van der Waals surface area contributed by atoms with E-state index in [2.05, 4.69) is 15.6 Å². The summed E-state index contributed by atoms with van der Waals surface area (Å²) >= 11 is 0. The molecular weight excluding hydrogens is 412 g/mol. The molecular formula is C23H26N4O5. The van der Waals surface area contributed by atoms with Crippen LogP contribution in [0.2, 0.25) is 0 Å². The van der Waals surface area contributed by atoms with Crippen LogP contribution in [0, 0.1) is 0 Å². The standard InChI is InChI=1S/C23H26N4O5/c1-27-17-8-7-15(25-22(28)14-6-9-18(30-2)20(11-14)31-3)12-16(17)26-21(27)13-24-23(29)19-5-4-10-32-19/h6-9,11-12,19H,4-5,10,13H2,1-3H3,(H,24,29)(H,25,28)/t19-/m1/s1. The first-order chi connectivity index (χ1) is 15.5. The number of ether oxygens (including phenoxy) is 3. The van der Waals surface area contributed by atoms with Gasteiger partial charge in [-0.3, -0.25) is 9.59 Å². The second kappa shape index (κ2) is 9.27. The molecule has 4 rings (SSSR count). The van der Waals surface area contributed by atoms with Crippen molar-refractivity contribution in [2.45, 2.75) is 25.5 Å². The van der Waals surface area contributed by atoms with Gasteiger partial charge in [0, 0.05) is 24.9 Å². The van der Waals surface area contributed by atoms with E-state index in [0.717, 1.165) is 29.7 Å². The third-order valence-electron chi connectivity index (χ3n) is 5.52. The van der Waals surface area contributed by atoms with Crippen molar-refractivity contribution in [2.75, 3.05) is 26.1 Å². The van der Waals surface area contributed by atoms with E-state index in [1.165, 1.54) is 7.11 Å². The van der Waals surface area contributed by atoms with Crippen LogP contribution in [0.25, 0.3) is 11.0 Å². The van der Waals surface area contributed by atoms with Crippen molar-refractivity contribution in [2.24, 2.45) is 7.05 Å². The van der Waals surface area contributed by atoms with E-state index in [0.29, 0.717) is 35.9 Å². The lowest BCUT2D eigenvalue weighted by Crippen LogP contribution is -2.34. The number of nitrogens with one attached hydrogen (secondary N) is 2. The Morgan fingerprint density at radius 3 is 2.69 bits per heavy atom. The largest absolute Gasteiger partial charge is 0.493 e. The first kappa shape index (κ1) is 21.6. The molecule has 9 heteroatoms.